The summed E-state index contributed by atoms with van der Waals surface area (Å²) in [5, 5.41) is 4.67. The largest absolute Gasteiger partial charge is 0.380 e. The summed E-state index contributed by atoms with van der Waals surface area (Å²) in [6.45, 7) is 11.8. The summed E-state index contributed by atoms with van der Waals surface area (Å²) in [5.41, 5.74) is 1.25. The second-order valence-electron chi connectivity index (χ2n) is 6.09. The van der Waals surface area contributed by atoms with Crippen molar-refractivity contribution in [3.63, 3.8) is 0 Å². The molecule has 4 nitrogen and oxygen atoms in total. The number of methoxy groups -OCH3 is 1. The molecule has 1 atom stereocenters. The molecule has 0 amide bonds. The number of anilines is 1. The maximum atomic E-state index is 5.45. The van der Waals surface area contributed by atoms with E-state index in [0.29, 0.717) is 18.1 Å². The van der Waals surface area contributed by atoms with Crippen LogP contribution in [0, 0.1) is 0 Å². The molecule has 2 heterocycles. The minimum atomic E-state index is 0.360. The predicted octanol–water partition coefficient (Wildman–Crippen LogP) is 2.99. The van der Waals surface area contributed by atoms with Gasteiger partial charge in [-0.3, -0.25) is 0 Å². The molecule has 1 saturated heterocycles. The van der Waals surface area contributed by atoms with Crippen molar-refractivity contribution in [2.24, 2.45) is 0 Å². The number of hydrogen-bond acceptors (Lipinski definition) is 5. The Balaban J connectivity index is 2.12. The van der Waals surface area contributed by atoms with Crippen LogP contribution in [-0.4, -0.2) is 37.3 Å². The summed E-state index contributed by atoms with van der Waals surface area (Å²) in [6, 6.07) is 0.505. The average Bonchev–Trinajstić information content (AvgIpc) is 3.02. The van der Waals surface area contributed by atoms with Crippen LogP contribution < -0.4 is 10.2 Å². The molecule has 0 aliphatic carbocycles. The van der Waals surface area contributed by atoms with Crippen LogP contribution in [-0.2, 0) is 11.3 Å². The molecule has 1 aliphatic heterocycles. The van der Waals surface area contributed by atoms with Crippen LogP contribution in [0.15, 0.2) is 0 Å². The summed E-state index contributed by atoms with van der Waals surface area (Å²) in [4.78, 5) is 8.63. The third-order valence-electron chi connectivity index (χ3n) is 3.68. The second kappa shape index (κ2) is 6.87. The molecule has 1 aliphatic rings. The lowest BCUT2D eigenvalue weighted by Crippen LogP contribution is -2.22. The minimum Gasteiger partial charge on any atom is -0.380 e. The number of rotatable bonds is 6. The van der Waals surface area contributed by atoms with Crippen molar-refractivity contribution in [2.75, 3.05) is 25.1 Å². The fourth-order valence-electron chi connectivity index (χ4n) is 2.45. The molecule has 0 radical (unpaired) electrons. The van der Waals surface area contributed by atoms with Crippen molar-refractivity contribution >= 4 is 16.5 Å². The maximum absolute atomic E-state index is 5.45. The maximum Gasteiger partial charge on any atom is 0.185 e. The van der Waals surface area contributed by atoms with E-state index in [4.69, 9.17) is 9.72 Å². The Morgan fingerprint density at radius 2 is 2.15 bits per heavy atom. The van der Waals surface area contributed by atoms with Crippen molar-refractivity contribution in [1.29, 1.82) is 0 Å². The minimum absolute atomic E-state index is 0.360. The molecule has 0 bridgehead atoms. The summed E-state index contributed by atoms with van der Waals surface area (Å²) in [5.74, 6) is 0.477. The fourth-order valence-corrected chi connectivity index (χ4v) is 3.66. The zero-order valence-electron chi connectivity index (χ0n) is 13.3. The smallest absolute Gasteiger partial charge is 0.185 e. The summed E-state index contributed by atoms with van der Waals surface area (Å²) in [7, 11) is 1.80. The number of nitrogens with zero attached hydrogens (tertiary/aromatic N) is 2. The van der Waals surface area contributed by atoms with Crippen LogP contribution in [0.3, 0.4) is 0 Å². The van der Waals surface area contributed by atoms with Gasteiger partial charge in [-0.05, 0) is 12.3 Å². The molecular weight excluding hydrogens is 270 g/mol. The van der Waals surface area contributed by atoms with Gasteiger partial charge >= 0.3 is 0 Å². The van der Waals surface area contributed by atoms with Gasteiger partial charge in [-0.15, -0.1) is 11.3 Å². The van der Waals surface area contributed by atoms with Gasteiger partial charge in [0.05, 0.1) is 11.8 Å². The molecule has 0 aromatic carbocycles. The van der Waals surface area contributed by atoms with Crippen LogP contribution in [0.4, 0.5) is 5.13 Å². The first-order valence-electron chi connectivity index (χ1n) is 7.52. The van der Waals surface area contributed by atoms with Crippen LogP contribution in [0.5, 0.6) is 0 Å². The van der Waals surface area contributed by atoms with E-state index >= 15 is 0 Å². The normalized spacial score (nSPS) is 19.6. The van der Waals surface area contributed by atoms with Gasteiger partial charge in [-0.1, -0.05) is 27.7 Å². The highest BCUT2D eigenvalue weighted by Crippen LogP contribution is 2.32. The van der Waals surface area contributed by atoms with Crippen LogP contribution in [0.1, 0.15) is 50.6 Å². The van der Waals surface area contributed by atoms with Gasteiger partial charge < -0.3 is 15.0 Å². The highest BCUT2D eigenvalue weighted by molar-refractivity contribution is 7.15. The van der Waals surface area contributed by atoms with Crippen molar-refractivity contribution in [2.45, 2.75) is 58.7 Å². The molecule has 2 rings (SSSR count). The Morgan fingerprint density at radius 1 is 1.40 bits per heavy atom. The van der Waals surface area contributed by atoms with Crippen LogP contribution in [0.25, 0.3) is 0 Å². The van der Waals surface area contributed by atoms with E-state index in [1.807, 2.05) is 11.3 Å². The van der Waals surface area contributed by atoms with Crippen LogP contribution >= 0.6 is 11.3 Å². The second-order valence-corrected chi connectivity index (χ2v) is 7.15. The number of ether oxygens (including phenoxy) is 1. The van der Waals surface area contributed by atoms with Crippen molar-refractivity contribution in [3.8, 4) is 0 Å². The third-order valence-corrected chi connectivity index (χ3v) is 4.81. The highest BCUT2D eigenvalue weighted by atomic mass is 32.1. The summed E-state index contributed by atoms with van der Waals surface area (Å²) in [6.07, 6.45) is 1.46. The number of hydrogen-bond donors (Lipinski definition) is 1. The monoisotopic (exact) mass is 297 g/mol. The fraction of sp³-hybridized carbons (Fsp3) is 0.800. The molecule has 1 fully saturated rings. The lowest BCUT2D eigenvalue weighted by Gasteiger charge is -2.14. The van der Waals surface area contributed by atoms with Crippen molar-refractivity contribution < 1.29 is 4.74 Å². The van der Waals surface area contributed by atoms with Gasteiger partial charge in [-0.2, -0.15) is 0 Å². The molecule has 5 heteroatoms. The molecule has 1 aromatic rings. The molecule has 0 spiro atoms. The standard InChI is InChI=1S/C15H27N3OS/c1-10(2)14-13(8-16-11(3)4)20-15(17-14)18-7-6-12(9-18)19-5/h10-12,16H,6-9H2,1-5H3. The lowest BCUT2D eigenvalue weighted by molar-refractivity contribution is 0.121. The van der Waals surface area contributed by atoms with Gasteiger partial charge in [0.2, 0.25) is 0 Å². The van der Waals surface area contributed by atoms with Gasteiger partial charge in [0.15, 0.2) is 5.13 Å². The molecular formula is C15H27N3OS. The van der Waals surface area contributed by atoms with Gasteiger partial charge in [0, 0.05) is 37.7 Å². The van der Waals surface area contributed by atoms with Gasteiger partial charge in [0.1, 0.15) is 0 Å². The first-order chi connectivity index (χ1) is 9.51. The van der Waals surface area contributed by atoms with E-state index in [9.17, 15) is 0 Å². The number of nitrogens with one attached hydrogen (secondary N) is 1. The Morgan fingerprint density at radius 3 is 2.70 bits per heavy atom. The molecule has 1 N–H and O–H groups in total. The zero-order valence-corrected chi connectivity index (χ0v) is 14.1. The van der Waals surface area contributed by atoms with E-state index in [-0.39, 0.29) is 0 Å². The Hall–Kier alpha value is -0.650. The highest BCUT2D eigenvalue weighted by Gasteiger charge is 2.26. The van der Waals surface area contributed by atoms with E-state index in [1.165, 1.54) is 10.6 Å². The zero-order chi connectivity index (χ0) is 14.7. The Labute approximate surface area is 126 Å². The molecule has 0 saturated carbocycles. The first kappa shape index (κ1) is 15.7. The molecule has 1 unspecified atom stereocenters. The number of aromatic nitrogens is 1. The number of thiazole rings is 1. The van der Waals surface area contributed by atoms with E-state index in [0.717, 1.165) is 31.2 Å². The van der Waals surface area contributed by atoms with E-state index in [2.05, 4.69) is 37.9 Å². The lowest BCUT2D eigenvalue weighted by atomic mass is 10.1. The van der Waals surface area contributed by atoms with Crippen molar-refractivity contribution in [3.05, 3.63) is 10.6 Å². The SMILES string of the molecule is COC1CCN(c2nc(C(C)C)c(CNC(C)C)s2)C1. The van der Waals surface area contributed by atoms with E-state index < -0.39 is 0 Å². The van der Waals surface area contributed by atoms with Gasteiger partial charge in [0.25, 0.3) is 0 Å². The molecule has 1 aromatic heterocycles. The van der Waals surface area contributed by atoms with E-state index in [1.54, 1.807) is 7.11 Å². The summed E-state index contributed by atoms with van der Waals surface area (Å²) < 4.78 is 5.45. The Kier molecular flexibility index (Phi) is 5.41. The predicted molar refractivity (Wildman–Crippen MR) is 85.8 cm³/mol. The molecule has 114 valence electrons. The third kappa shape index (κ3) is 3.71. The van der Waals surface area contributed by atoms with Crippen LogP contribution in [0.2, 0.25) is 0 Å². The quantitative estimate of drug-likeness (QED) is 0.876. The van der Waals surface area contributed by atoms with Crippen molar-refractivity contribution in [1.82, 2.24) is 10.3 Å². The van der Waals surface area contributed by atoms with Gasteiger partial charge in [-0.25, -0.2) is 4.98 Å². The Bertz CT molecular complexity index is 431. The average molecular weight is 297 g/mol. The topological polar surface area (TPSA) is 37.4 Å². The molecule has 20 heavy (non-hydrogen) atoms. The first-order valence-corrected chi connectivity index (χ1v) is 8.33. The summed E-state index contributed by atoms with van der Waals surface area (Å²) >= 11 is 1.84.